The van der Waals surface area contributed by atoms with E-state index in [0.717, 1.165) is 16.5 Å². The number of fused-ring (bicyclic) bond motifs is 7. The average Bonchev–Trinajstić information content (AvgIpc) is 3.57. The van der Waals surface area contributed by atoms with Gasteiger partial charge in [-0.1, -0.05) is 24.5 Å². The Hall–Kier alpha value is -4.38. The first kappa shape index (κ1) is 21.0. The Morgan fingerprint density at radius 3 is 2.81 bits per heavy atom. The molecule has 36 heavy (non-hydrogen) atoms. The molecule has 4 heterocycles. The van der Waals surface area contributed by atoms with Crippen molar-refractivity contribution >= 4 is 35.9 Å². The molecule has 2 radical (unpaired) electrons. The van der Waals surface area contributed by atoms with Gasteiger partial charge in [0.2, 0.25) is 5.78 Å². The molecule has 0 aliphatic heterocycles. The van der Waals surface area contributed by atoms with Crippen molar-refractivity contribution in [2.75, 3.05) is 5.73 Å². The Morgan fingerprint density at radius 1 is 1.19 bits per heavy atom. The number of hydrogen-bond donors (Lipinski definition) is 6. The maximum atomic E-state index is 13.4. The minimum absolute atomic E-state index is 0.0622. The molecule has 5 aromatic rings. The number of anilines is 1. The van der Waals surface area contributed by atoms with Crippen molar-refractivity contribution in [3.8, 4) is 22.5 Å². The molecule has 0 spiro atoms. The molecule has 0 saturated heterocycles. The molecule has 4 aromatic heterocycles. The SMILES string of the molecule is [B]c1ccc2c(-c3ncc(-c4c[nH]c5c4C4CC(O)(C5=O)c5[nH+]c(N)[nH]c5C4C)[nH]c3=O)c[nH]c2c1. The molecule has 0 fully saturated rings. The molecule has 2 aliphatic carbocycles. The van der Waals surface area contributed by atoms with E-state index in [9.17, 15) is 14.7 Å². The Morgan fingerprint density at radius 2 is 2.00 bits per heavy atom. The molecular weight excluding hydrogens is 457 g/mol. The standard InChI is InChI=1S/C25H20BN7O3/c1-9-12-5-25(36,21-18(9)32-24(27)33-21)22(34)20-17(12)14(7-29-20)16-8-30-19(23(35)31-16)13-6-28-15-4-10(26)2-3-11(13)15/h2-4,6-9,12,28-29,36H,5H2,1H3,(H,31,35)(H3,27,32,33)/p+1. The summed E-state index contributed by atoms with van der Waals surface area (Å²) in [5.41, 5.74) is 9.60. The Labute approximate surface area is 204 Å². The lowest BCUT2D eigenvalue weighted by atomic mass is 9.63. The number of hydrogen-bond acceptors (Lipinski definition) is 5. The predicted octanol–water partition coefficient (Wildman–Crippen LogP) is 1.11. The lowest BCUT2D eigenvalue weighted by Gasteiger charge is -2.41. The first-order valence-electron chi connectivity index (χ1n) is 11.6. The van der Waals surface area contributed by atoms with Crippen molar-refractivity contribution in [1.82, 2.24) is 24.9 Å². The summed E-state index contributed by atoms with van der Waals surface area (Å²) in [4.78, 5) is 46.2. The van der Waals surface area contributed by atoms with Crippen LogP contribution in [0.4, 0.5) is 5.95 Å². The van der Waals surface area contributed by atoms with E-state index in [-0.39, 0.29) is 35.5 Å². The minimum atomic E-state index is -1.70. The number of rotatable bonds is 2. The number of nitrogen functional groups attached to an aromatic ring is 1. The third-order valence-electron chi connectivity index (χ3n) is 7.72. The number of benzene rings is 1. The van der Waals surface area contributed by atoms with Crippen LogP contribution < -0.4 is 21.7 Å². The van der Waals surface area contributed by atoms with Crippen LogP contribution in [0.2, 0.25) is 0 Å². The lowest BCUT2D eigenvalue weighted by Crippen LogP contribution is -2.49. The van der Waals surface area contributed by atoms with Gasteiger partial charge in [-0.2, -0.15) is 0 Å². The quantitative estimate of drug-likeness (QED) is 0.208. The van der Waals surface area contributed by atoms with Crippen LogP contribution in [-0.4, -0.2) is 43.7 Å². The molecule has 3 atom stereocenters. The van der Waals surface area contributed by atoms with E-state index < -0.39 is 11.4 Å². The highest BCUT2D eigenvalue weighted by Crippen LogP contribution is 2.55. The van der Waals surface area contributed by atoms with Crippen LogP contribution in [0.25, 0.3) is 33.4 Å². The second kappa shape index (κ2) is 6.85. The number of aliphatic hydroxyl groups is 1. The normalized spacial score (nSPS) is 22.6. The third-order valence-corrected chi connectivity index (χ3v) is 7.72. The van der Waals surface area contributed by atoms with E-state index in [1.165, 1.54) is 0 Å². The zero-order valence-electron chi connectivity index (χ0n) is 19.2. The van der Waals surface area contributed by atoms with Crippen molar-refractivity contribution in [3.63, 3.8) is 0 Å². The molecule has 0 amide bonds. The van der Waals surface area contributed by atoms with Gasteiger partial charge in [0.05, 0.1) is 17.6 Å². The van der Waals surface area contributed by atoms with Gasteiger partial charge in [-0.3, -0.25) is 15.3 Å². The van der Waals surface area contributed by atoms with Gasteiger partial charge in [0.15, 0.2) is 11.3 Å². The van der Waals surface area contributed by atoms with Gasteiger partial charge in [0.1, 0.15) is 19.2 Å². The summed E-state index contributed by atoms with van der Waals surface area (Å²) in [6.45, 7) is 2.02. The molecule has 11 heteroatoms. The highest BCUT2D eigenvalue weighted by molar-refractivity contribution is 6.33. The zero-order valence-corrected chi connectivity index (χ0v) is 19.2. The molecule has 8 N–H and O–H groups in total. The highest BCUT2D eigenvalue weighted by atomic mass is 16.3. The van der Waals surface area contributed by atoms with Crippen LogP contribution in [0.1, 0.15) is 52.6 Å². The van der Waals surface area contributed by atoms with E-state index in [1.807, 2.05) is 13.0 Å². The molecule has 1 aromatic carbocycles. The van der Waals surface area contributed by atoms with E-state index in [2.05, 4.69) is 29.9 Å². The number of Topliss-reactive ketones (excluding diaryl/α,β-unsaturated/α-hetero) is 1. The fraction of sp³-hybridized carbons (Fsp3) is 0.200. The number of aromatic amines is 5. The summed E-state index contributed by atoms with van der Waals surface area (Å²) in [6, 6.07) is 5.43. The molecule has 7 rings (SSSR count). The van der Waals surface area contributed by atoms with E-state index in [1.54, 1.807) is 30.7 Å². The number of carbonyl (C=O) groups excluding carboxylic acids is 1. The number of nitrogens with one attached hydrogen (secondary N) is 5. The third kappa shape index (κ3) is 2.60. The maximum Gasteiger partial charge on any atom is 0.350 e. The monoisotopic (exact) mass is 478 g/mol. The van der Waals surface area contributed by atoms with Gasteiger partial charge < -0.3 is 20.1 Å². The van der Waals surface area contributed by atoms with Crippen LogP contribution in [0.3, 0.4) is 0 Å². The smallest absolute Gasteiger partial charge is 0.350 e. The number of nitrogens with two attached hydrogens (primary N) is 1. The maximum absolute atomic E-state index is 13.4. The summed E-state index contributed by atoms with van der Waals surface area (Å²) in [6.07, 6.45) is 5.23. The second-order valence-electron chi connectivity index (χ2n) is 9.71. The van der Waals surface area contributed by atoms with Gasteiger partial charge in [-0.25, -0.2) is 15.0 Å². The van der Waals surface area contributed by atoms with Crippen molar-refractivity contribution in [2.24, 2.45) is 0 Å². The van der Waals surface area contributed by atoms with Crippen LogP contribution in [0.15, 0.2) is 41.6 Å². The van der Waals surface area contributed by atoms with Crippen molar-refractivity contribution in [3.05, 3.63) is 69.8 Å². The Kier molecular flexibility index (Phi) is 3.99. The number of ketones is 1. The van der Waals surface area contributed by atoms with E-state index in [0.29, 0.717) is 39.4 Å². The first-order chi connectivity index (χ1) is 17.3. The molecular formula is C25H21BN7O3+. The molecule has 0 saturated carbocycles. The second-order valence-corrected chi connectivity index (χ2v) is 9.71. The number of nitrogens with zero attached hydrogens (tertiary/aromatic N) is 1. The highest BCUT2D eigenvalue weighted by Gasteiger charge is 2.57. The Balaban J connectivity index is 1.35. The summed E-state index contributed by atoms with van der Waals surface area (Å²) >= 11 is 0. The number of imidazole rings is 1. The molecule has 2 bridgehead atoms. The van der Waals surface area contributed by atoms with Crippen LogP contribution in [-0.2, 0) is 5.60 Å². The summed E-state index contributed by atoms with van der Waals surface area (Å²) in [7, 11) is 5.87. The van der Waals surface area contributed by atoms with Gasteiger partial charge in [0.25, 0.3) is 5.56 Å². The summed E-state index contributed by atoms with van der Waals surface area (Å²) < 4.78 is 0. The summed E-state index contributed by atoms with van der Waals surface area (Å²) in [5, 5.41) is 12.3. The van der Waals surface area contributed by atoms with Crippen molar-refractivity contribution in [1.29, 1.82) is 0 Å². The van der Waals surface area contributed by atoms with Gasteiger partial charge in [-0.15, -0.1) is 0 Å². The molecule has 176 valence electrons. The van der Waals surface area contributed by atoms with E-state index >= 15 is 0 Å². The molecule has 2 aliphatic rings. The number of H-pyrrole nitrogens is 5. The fourth-order valence-corrected chi connectivity index (χ4v) is 5.97. The van der Waals surface area contributed by atoms with Crippen molar-refractivity contribution < 1.29 is 14.9 Å². The van der Waals surface area contributed by atoms with E-state index in [4.69, 9.17) is 13.6 Å². The predicted molar refractivity (Wildman–Crippen MR) is 133 cm³/mol. The Bertz CT molecular complexity index is 1790. The topological polar surface area (TPSA) is 171 Å². The number of carbonyl (C=O) groups is 1. The fourth-order valence-electron chi connectivity index (χ4n) is 5.97. The zero-order chi connectivity index (χ0) is 24.9. The first-order valence-corrected chi connectivity index (χ1v) is 11.6. The van der Waals surface area contributed by atoms with Gasteiger partial charge in [-0.05, 0) is 24.0 Å². The number of aromatic nitrogens is 6. The van der Waals surface area contributed by atoms with Crippen molar-refractivity contribution in [2.45, 2.75) is 30.8 Å². The minimum Gasteiger partial charge on any atom is -0.374 e. The van der Waals surface area contributed by atoms with Crippen LogP contribution in [0, 0.1) is 0 Å². The largest absolute Gasteiger partial charge is 0.374 e. The van der Waals surface area contributed by atoms with Crippen LogP contribution in [0.5, 0.6) is 0 Å². The summed E-state index contributed by atoms with van der Waals surface area (Å²) in [5.74, 6) is -0.403. The lowest BCUT2D eigenvalue weighted by molar-refractivity contribution is -0.387. The average molecular weight is 478 g/mol. The van der Waals surface area contributed by atoms with Gasteiger partial charge >= 0.3 is 5.95 Å². The van der Waals surface area contributed by atoms with Gasteiger partial charge in [0, 0.05) is 40.3 Å². The molecule has 3 unspecified atom stereocenters. The molecule has 10 nitrogen and oxygen atoms in total. The van der Waals surface area contributed by atoms with Crippen LogP contribution >= 0.6 is 0 Å².